The third-order valence-electron chi connectivity index (χ3n) is 5.22. The Morgan fingerprint density at radius 2 is 1.82 bits per heavy atom. The molecular formula is C25H17ClN2O5S. The number of thiazole rings is 1. The third kappa shape index (κ3) is 3.87. The lowest BCUT2D eigenvalue weighted by molar-refractivity contribution is 0.0730. The van der Waals surface area contributed by atoms with Crippen LogP contribution in [-0.2, 0) is 0 Å². The van der Waals surface area contributed by atoms with Gasteiger partial charge in [-0.05, 0) is 60.2 Å². The Labute approximate surface area is 202 Å². The SMILES string of the molecule is COc1ccc(C(=O)Oc2c(Cl)cc(/C=c3/sc4nc5ccccc5n4c3=O)cc2OC)cc1. The van der Waals surface area contributed by atoms with Crippen molar-refractivity contribution < 1.29 is 19.0 Å². The van der Waals surface area contributed by atoms with Crippen molar-refractivity contribution in [3.63, 3.8) is 0 Å². The lowest BCUT2D eigenvalue weighted by Crippen LogP contribution is -2.22. The summed E-state index contributed by atoms with van der Waals surface area (Å²) >= 11 is 7.73. The van der Waals surface area contributed by atoms with Crippen LogP contribution < -0.4 is 24.3 Å². The van der Waals surface area contributed by atoms with Gasteiger partial charge < -0.3 is 14.2 Å². The fourth-order valence-electron chi connectivity index (χ4n) is 3.56. The molecule has 0 atom stereocenters. The fourth-order valence-corrected chi connectivity index (χ4v) is 4.81. The largest absolute Gasteiger partial charge is 0.497 e. The second-order valence-corrected chi connectivity index (χ2v) is 8.70. The smallest absolute Gasteiger partial charge is 0.343 e. The number of fused-ring (bicyclic) bond motifs is 3. The molecule has 170 valence electrons. The first kappa shape index (κ1) is 21.9. The standard InChI is InChI=1S/C25H17ClN2O5S/c1-31-16-9-7-15(8-10-16)24(30)33-22-17(26)11-14(12-20(22)32-2)13-21-23(29)28-19-6-4-3-5-18(19)27-25(28)34-21/h3-13H,1-2H3/b21-13+. The van der Waals surface area contributed by atoms with Crippen LogP contribution in [0, 0.1) is 0 Å². The van der Waals surface area contributed by atoms with Crippen LogP contribution >= 0.6 is 22.9 Å². The predicted octanol–water partition coefficient (Wildman–Crippen LogP) is 4.35. The van der Waals surface area contributed by atoms with Crippen molar-refractivity contribution in [2.24, 2.45) is 0 Å². The Morgan fingerprint density at radius 3 is 2.56 bits per heavy atom. The molecule has 0 amide bonds. The van der Waals surface area contributed by atoms with Crippen molar-refractivity contribution in [2.45, 2.75) is 0 Å². The summed E-state index contributed by atoms with van der Waals surface area (Å²) in [4.78, 5) is 30.8. The van der Waals surface area contributed by atoms with Crippen LogP contribution in [0.2, 0.25) is 5.02 Å². The molecular weight excluding hydrogens is 476 g/mol. The number of rotatable bonds is 5. The molecule has 0 fully saturated rings. The van der Waals surface area contributed by atoms with Crippen molar-refractivity contribution in [1.82, 2.24) is 9.38 Å². The summed E-state index contributed by atoms with van der Waals surface area (Å²) in [6.45, 7) is 0. The summed E-state index contributed by atoms with van der Waals surface area (Å²) in [7, 11) is 2.99. The molecule has 9 heteroatoms. The molecule has 0 aliphatic rings. The number of aromatic nitrogens is 2. The Bertz CT molecular complexity index is 1660. The highest BCUT2D eigenvalue weighted by atomic mass is 35.5. The molecule has 34 heavy (non-hydrogen) atoms. The summed E-state index contributed by atoms with van der Waals surface area (Å²) in [5.41, 5.74) is 2.32. The third-order valence-corrected chi connectivity index (χ3v) is 6.46. The van der Waals surface area contributed by atoms with Gasteiger partial charge in [0.1, 0.15) is 5.75 Å². The molecule has 5 rings (SSSR count). The van der Waals surface area contributed by atoms with Crippen molar-refractivity contribution in [3.8, 4) is 17.2 Å². The van der Waals surface area contributed by atoms with Gasteiger partial charge in [0.15, 0.2) is 16.5 Å². The number of esters is 1. The Balaban J connectivity index is 1.51. The van der Waals surface area contributed by atoms with Crippen molar-refractivity contribution >= 4 is 51.0 Å². The van der Waals surface area contributed by atoms with Crippen LogP contribution in [0.1, 0.15) is 15.9 Å². The number of halogens is 1. The predicted molar refractivity (Wildman–Crippen MR) is 132 cm³/mol. The minimum absolute atomic E-state index is 0.0939. The number of imidazole rings is 1. The van der Waals surface area contributed by atoms with E-state index >= 15 is 0 Å². The molecule has 2 aromatic heterocycles. The number of methoxy groups -OCH3 is 2. The van der Waals surface area contributed by atoms with Gasteiger partial charge in [-0.15, -0.1) is 0 Å². The van der Waals surface area contributed by atoms with E-state index in [2.05, 4.69) is 4.98 Å². The minimum Gasteiger partial charge on any atom is -0.497 e. The summed E-state index contributed by atoms with van der Waals surface area (Å²) in [5, 5.41) is 0.173. The molecule has 5 aromatic rings. The Kier molecular flexibility index (Phi) is 5.69. The van der Waals surface area contributed by atoms with Crippen LogP contribution in [-0.4, -0.2) is 29.6 Å². The van der Waals surface area contributed by atoms with Crippen LogP contribution in [0.25, 0.3) is 22.1 Å². The van der Waals surface area contributed by atoms with E-state index in [0.29, 0.717) is 26.4 Å². The summed E-state index contributed by atoms with van der Waals surface area (Å²) in [6.07, 6.45) is 1.71. The maximum Gasteiger partial charge on any atom is 0.343 e. The number of hydrogen-bond donors (Lipinski definition) is 0. The molecule has 7 nitrogen and oxygen atoms in total. The van der Waals surface area contributed by atoms with E-state index < -0.39 is 5.97 Å². The molecule has 0 aliphatic carbocycles. The molecule has 0 saturated carbocycles. The first-order valence-electron chi connectivity index (χ1n) is 10.1. The van der Waals surface area contributed by atoms with Gasteiger partial charge in [0.2, 0.25) is 0 Å². The van der Waals surface area contributed by atoms with E-state index in [9.17, 15) is 9.59 Å². The quantitative estimate of drug-likeness (QED) is 0.268. The second kappa shape index (κ2) is 8.81. The van der Waals surface area contributed by atoms with Crippen molar-refractivity contribution in [2.75, 3.05) is 14.2 Å². The average molecular weight is 493 g/mol. The second-order valence-electron chi connectivity index (χ2n) is 7.29. The van der Waals surface area contributed by atoms with Crippen LogP contribution in [0.4, 0.5) is 0 Å². The number of para-hydroxylation sites is 2. The summed E-state index contributed by atoms with van der Waals surface area (Å²) < 4.78 is 18.1. The maximum absolute atomic E-state index is 13.0. The van der Waals surface area contributed by atoms with Crippen LogP contribution in [0.3, 0.4) is 0 Å². The zero-order chi connectivity index (χ0) is 23.8. The van der Waals surface area contributed by atoms with Gasteiger partial charge in [-0.1, -0.05) is 35.1 Å². The van der Waals surface area contributed by atoms with E-state index in [-0.39, 0.29) is 22.1 Å². The number of carbonyl (C=O) groups excluding carboxylic acids is 1. The normalized spacial score (nSPS) is 11.8. The first-order valence-corrected chi connectivity index (χ1v) is 11.3. The maximum atomic E-state index is 13.0. The monoisotopic (exact) mass is 492 g/mol. The summed E-state index contributed by atoms with van der Waals surface area (Å²) in [5.74, 6) is 0.392. The van der Waals surface area contributed by atoms with Gasteiger partial charge in [0, 0.05) is 0 Å². The molecule has 0 unspecified atom stereocenters. The number of carbonyl (C=O) groups is 1. The minimum atomic E-state index is -0.590. The highest BCUT2D eigenvalue weighted by Gasteiger charge is 2.18. The Morgan fingerprint density at radius 1 is 1.06 bits per heavy atom. The zero-order valence-corrected chi connectivity index (χ0v) is 19.6. The first-order chi connectivity index (χ1) is 16.5. The van der Waals surface area contributed by atoms with Gasteiger partial charge in [0.25, 0.3) is 5.56 Å². The van der Waals surface area contributed by atoms with E-state index in [1.165, 1.54) is 18.4 Å². The molecule has 0 radical (unpaired) electrons. The van der Waals surface area contributed by atoms with Gasteiger partial charge in [-0.3, -0.25) is 4.79 Å². The van der Waals surface area contributed by atoms with Crippen molar-refractivity contribution in [3.05, 3.63) is 91.7 Å². The van der Waals surface area contributed by atoms with Gasteiger partial charge in [-0.25, -0.2) is 14.2 Å². The Hall–Kier alpha value is -3.88. The lowest BCUT2D eigenvalue weighted by atomic mass is 10.2. The average Bonchev–Trinajstić information content (AvgIpc) is 3.36. The molecule has 3 aromatic carbocycles. The van der Waals surface area contributed by atoms with Crippen molar-refractivity contribution in [1.29, 1.82) is 0 Å². The molecule has 2 heterocycles. The molecule has 0 N–H and O–H groups in total. The number of ether oxygens (including phenoxy) is 3. The molecule has 0 aliphatic heterocycles. The van der Waals surface area contributed by atoms with E-state index in [0.717, 1.165) is 11.0 Å². The molecule has 0 saturated heterocycles. The summed E-state index contributed by atoms with van der Waals surface area (Å²) in [6, 6.07) is 17.3. The number of hydrogen-bond acceptors (Lipinski definition) is 7. The highest BCUT2D eigenvalue weighted by molar-refractivity contribution is 7.15. The fraction of sp³-hybridized carbons (Fsp3) is 0.0800. The van der Waals surface area contributed by atoms with E-state index in [4.69, 9.17) is 25.8 Å². The van der Waals surface area contributed by atoms with Crippen LogP contribution in [0.15, 0.2) is 65.5 Å². The number of benzene rings is 3. The molecule has 0 bridgehead atoms. The zero-order valence-electron chi connectivity index (χ0n) is 18.1. The van der Waals surface area contributed by atoms with Gasteiger partial charge in [-0.2, -0.15) is 0 Å². The van der Waals surface area contributed by atoms with Gasteiger partial charge >= 0.3 is 5.97 Å². The van der Waals surface area contributed by atoms with Crippen LogP contribution in [0.5, 0.6) is 17.2 Å². The lowest BCUT2D eigenvalue weighted by Gasteiger charge is -2.12. The van der Waals surface area contributed by atoms with Gasteiger partial charge in [0.05, 0.1) is 40.4 Å². The number of nitrogens with zero attached hydrogens (tertiary/aromatic N) is 2. The molecule has 0 spiro atoms. The van der Waals surface area contributed by atoms with E-state index in [1.54, 1.807) is 54.0 Å². The highest BCUT2D eigenvalue weighted by Crippen LogP contribution is 2.37. The topological polar surface area (TPSA) is 79.1 Å². The van der Waals surface area contributed by atoms with E-state index in [1.807, 2.05) is 24.3 Å².